The molecular formula is C19H21NO. The number of hydrogen-bond acceptors (Lipinski definition) is 1. The van der Waals surface area contributed by atoms with Crippen molar-refractivity contribution in [2.45, 2.75) is 32.2 Å². The summed E-state index contributed by atoms with van der Waals surface area (Å²) in [6.45, 7) is 4.34. The van der Waals surface area contributed by atoms with Crippen LogP contribution in [0.2, 0.25) is 0 Å². The maximum Gasteiger partial charge on any atom is 0.220 e. The summed E-state index contributed by atoms with van der Waals surface area (Å²) in [4.78, 5) is 11.9. The van der Waals surface area contributed by atoms with Gasteiger partial charge in [0.05, 0.1) is 0 Å². The third-order valence-electron chi connectivity index (χ3n) is 4.83. The summed E-state index contributed by atoms with van der Waals surface area (Å²) >= 11 is 0. The van der Waals surface area contributed by atoms with Gasteiger partial charge in [0, 0.05) is 23.8 Å². The maximum absolute atomic E-state index is 11.9. The van der Waals surface area contributed by atoms with Crippen LogP contribution in [0.15, 0.2) is 60.7 Å². The van der Waals surface area contributed by atoms with Crippen LogP contribution in [0.3, 0.4) is 0 Å². The average Bonchev–Trinajstić information content (AvgIpc) is 2.75. The van der Waals surface area contributed by atoms with Gasteiger partial charge in [-0.25, -0.2) is 0 Å². The van der Waals surface area contributed by atoms with Gasteiger partial charge in [0.2, 0.25) is 5.91 Å². The van der Waals surface area contributed by atoms with Crippen molar-refractivity contribution in [1.82, 2.24) is 5.32 Å². The molecule has 2 atom stereocenters. The van der Waals surface area contributed by atoms with Gasteiger partial charge in [0.15, 0.2) is 0 Å². The molecule has 2 nitrogen and oxygen atoms in total. The molecule has 1 aliphatic heterocycles. The first-order valence-electron chi connectivity index (χ1n) is 7.50. The molecule has 1 N–H and O–H groups in total. The maximum atomic E-state index is 11.9. The van der Waals surface area contributed by atoms with Crippen LogP contribution in [0.1, 0.15) is 37.3 Å². The Labute approximate surface area is 126 Å². The minimum Gasteiger partial charge on any atom is -0.353 e. The Bertz CT molecular complexity index is 583. The fourth-order valence-electron chi connectivity index (χ4n) is 3.55. The fourth-order valence-corrected chi connectivity index (χ4v) is 3.55. The van der Waals surface area contributed by atoms with E-state index in [2.05, 4.69) is 67.7 Å². The Kier molecular flexibility index (Phi) is 3.54. The molecule has 0 spiro atoms. The summed E-state index contributed by atoms with van der Waals surface area (Å²) in [5, 5.41) is 3.09. The zero-order valence-corrected chi connectivity index (χ0v) is 12.5. The number of benzene rings is 2. The van der Waals surface area contributed by atoms with E-state index in [0.29, 0.717) is 6.42 Å². The molecule has 0 aromatic heterocycles. The van der Waals surface area contributed by atoms with Crippen molar-refractivity contribution in [2.24, 2.45) is 5.41 Å². The van der Waals surface area contributed by atoms with Gasteiger partial charge in [-0.3, -0.25) is 4.79 Å². The number of carbonyl (C=O) groups is 1. The normalized spacial score (nSPS) is 25.1. The van der Waals surface area contributed by atoms with Crippen molar-refractivity contribution in [3.63, 3.8) is 0 Å². The standard InChI is InChI=1S/C19H21NO/c1-14-19(2,13-17(21)20-14)18(15-9-5-3-6-10-15)16-11-7-4-8-12-16/h3-12,14,18H,13H2,1-2H3,(H,20,21). The minimum absolute atomic E-state index is 0.111. The second kappa shape index (κ2) is 5.36. The Balaban J connectivity index is 2.11. The smallest absolute Gasteiger partial charge is 0.220 e. The molecule has 21 heavy (non-hydrogen) atoms. The zero-order chi connectivity index (χ0) is 14.9. The molecule has 1 amide bonds. The zero-order valence-electron chi connectivity index (χ0n) is 12.5. The number of rotatable bonds is 3. The molecule has 2 aromatic rings. The largest absolute Gasteiger partial charge is 0.353 e. The van der Waals surface area contributed by atoms with Crippen LogP contribution in [0.5, 0.6) is 0 Å². The van der Waals surface area contributed by atoms with Crippen LogP contribution in [-0.4, -0.2) is 11.9 Å². The first-order valence-corrected chi connectivity index (χ1v) is 7.50. The Morgan fingerprint density at radius 1 is 1.00 bits per heavy atom. The molecule has 1 fully saturated rings. The van der Waals surface area contributed by atoms with Crippen LogP contribution < -0.4 is 5.32 Å². The summed E-state index contributed by atoms with van der Waals surface area (Å²) in [5.74, 6) is 0.371. The van der Waals surface area contributed by atoms with E-state index < -0.39 is 0 Å². The lowest BCUT2D eigenvalue weighted by Gasteiger charge is -2.37. The van der Waals surface area contributed by atoms with Gasteiger partial charge < -0.3 is 5.32 Å². The Hall–Kier alpha value is -2.09. The van der Waals surface area contributed by atoms with Crippen LogP contribution in [0.4, 0.5) is 0 Å². The van der Waals surface area contributed by atoms with Crippen molar-refractivity contribution < 1.29 is 4.79 Å². The van der Waals surface area contributed by atoms with Crippen molar-refractivity contribution in [3.05, 3.63) is 71.8 Å². The highest BCUT2D eigenvalue weighted by Gasteiger charge is 2.47. The van der Waals surface area contributed by atoms with Crippen LogP contribution in [-0.2, 0) is 4.79 Å². The molecule has 108 valence electrons. The Morgan fingerprint density at radius 2 is 1.48 bits per heavy atom. The van der Waals surface area contributed by atoms with Crippen molar-refractivity contribution >= 4 is 5.91 Å². The van der Waals surface area contributed by atoms with Crippen molar-refractivity contribution in [2.75, 3.05) is 0 Å². The molecular weight excluding hydrogens is 258 g/mol. The lowest BCUT2D eigenvalue weighted by molar-refractivity contribution is -0.119. The highest BCUT2D eigenvalue weighted by Crippen LogP contribution is 2.48. The molecule has 2 aromatic carbocycles. The molecule has 2 heteroatoms. The van der Waals surface area contributed by atoms with Gasteiger partial charge in [-0.05, 0) is 18.1 Å². The lowest BCUT2D eigenvalue weighted by atomic mass is 9.66. The second-order valence-corrected chi connectivity index (χ2v) is 6.23. The van der Waals surface area contributed by atoms with Gasteiger partial charge in [0.25, 0.3) is 0 Å². The molecule has 0 radical (unpaired) electrons. The first kappa shape index (κ1) is 13.9. The van der Waals surface area contributed by atoms with Gasteiger partial charge >= 0.3 is 0 Å². The van der Waals surface area contributed by atoms with E-state index in [1.54, 1.807) is 0 Å². The summed E-state index contributed by atoms with van der Waals surface area (Å²) in [5.41, 5.74) is 2.43. The molecule has 0 saturated carbocycles. The Morgan fingerprint density at radius 3 is 1.86 bits per heavy atom. The summed E-state index contributed by atoms with van der Waals surface area (Å²) in [7, 11) is 0. The quantitative estimate of drug-likeness (QED) is 0.911. The van der Waals surface area contributed by atoms with E-state index in [9.17, 15) is 4.79 Å². The summed E-state index contributed by atoms with van der Waals surface area (Å²) < 4.78 is 0. The molecule has 1 heterocycles. The van der Waals surface area contributed by atoms with E-state index in [-0.39, 0.29) is 23.3 Å². The van der Waals surface area contributed by atoms with Gasteiger partial charge in [-0.1, -0.05) is 67.6 Å². The van der Waals surface area contributed by atoms with Crippen LogP contribution >= 0.6 is 0 Å². The van der Waals surface area contributed by atoms with E-state index in [0.717, 1.165) is 0 Å². The molecule has 0 aliphatic carbocycles. The van der Waals surface area contributed by atoms with E-state index in [4.69, 9.17) is 0 Å². The number of hydrogen-bond donors (Lipinski definition) is 1. The van der Waals surface area contributed by atoms with Crippen molar-refractivity contribution in [1.29, 1.82) is 0 Å². The van der Waals surface area contributed by atoms with Gasteiger partial charge in [0.1, 0.15) is 0 Å². The first-order chi connectivity index (χ1) is 10.1. The summed E-state index contributed by atoms with van der Waals surface area (Å²) in [6, 6.07) is 21.2. The van der Waals surface area contributed by atoms with E-state index >= 15 is 0 Å². The fraction of sp³-hybridized carbons (Fsp3) is 0.316. The highest BCUT2D eigenvalue weighted by atomic mass is 16.2. The molecule has 1 saturated heterocycles. The van der Waals surface area contributed by atoms with Crippen molar-refractivity contribution in [3.8, 4) is 0 Å². The number of nitrogens with one attached hydrogen (secondary N) is 1. The van der Waals surface area contributed by atoms with Crippen LogP contribution in [0.25, 0.3) is 0 Å². The minimum atomic E-state index is -0.111. The predicted octanol–water partition coefficient (Wildman–Crippen LogP) is 3.73. The van der Waals surface area contributed by atoms with Gasteiger partial charge in [-0.2, -0.15) is 0 Å². The highest BCUT2D eigenvalue weighted by molar-refractivity contribution is 5.80. The molecule has 3 rings (SSSR count). The SMILES string of the molecule is CC1NC(=O)CC1(C)C(c1ccccc1)c1ccccc1. The molecule has 2 unspecified atom stereocenters. The predicted molar refractivity (Wildman–Crippen MR) is 85.1 cm³/mol. The van der Waals surface area contributed by atoms with E-state index in [1.165, 1.54) is 11.1 Å². The summed E-state index contributed by atoms with van der Waals surface area (Å²) in [6.07, 6.45) is 0.572. The van der Waals surface area contributed by atoms with Gasteiger partial charge in [-0.15, -0.1) is 0 Å². The number of carbonyl (C=O) groups excluding carboxylic acids is 1. The third-order valence-corrected chi connectivity index (χ3v) is 4.83. The lowest BCUT2D eigenvalue weighted by Crippen LogP contribution is -2.37. The second-order valence-electron chi connectivity index (χ2n) is 6.23. The van der Waals surface area contributed by atoms with E-state index in [1.807, 2.05) is 12.1 Å². The number of amides is 1. The van der Waals surface area contributed by atoms with Crippen LogP contribution in [0, 0.1) is 5.41 Å². The molecule has 0 bridgehead atoms. The molecule has 1 aliphatic rings. The topological polar surface area (TPSA) is 29.1 Å². The monoisotopic (exact) mass is 279 g/mol. The average molecular weight is 279 g/mol. The third kappa shape index (κ3) is 2.46.